The van der Waals surface area contributed by atoms with Gasteiger partial charge >= 0.3 is 6.09 Å². The van der Waals surface area contributed by atoms with Crippen LogP contribution in [-0.2, 0) is 60.4 Å². The van der Waals surface area contributed by atoms with Crippen LogP contribution in [-0.4, -0.2) is 60.0 Å². The second-order valence-corrected chi connectivity index (χ2v) is 20.0. The summed E-state index contributed by atoms with van der Waals surface area (Å²) in [5.41, 5.74) is 9.86. The zero-order chi connectivity index (χ0) is 58.8. The van der Waals surface area contributed by atoms with Crippen LogP contribution in [0, 0.1) is 0 Å². The summed E-state index contributed by atoms with van der Waals surface area (Å²) in [4.78, 5) is 39.6. The Bertz CT molecular complexity index is 3090. The number of pyridine rings is 1. The first-order chi connectivity index (χ1) is 38.1. The third-order valence-corrected chi connectivity index (χ3v) is 13.9. The average molecular weight is 1130 g/mol. The summed E-state index contributed by atoms with van der Waals surface area (Å²) in [6, 6.07) is 55.9. The van der Waals surface area contributed by atoms with Crippen molar-refractivity contribution in [1.82, 2.24) is 4.98 Å². The lowest BCUT2D eigenvalue weighted by molar-refractivity contribution is -0.124. The van der Waals surface area contributed by atoms with Gasteiger partial charge in [0.1, 0.15) is 18.2 Å². The zero-order valence-corrected chi connectivity index (χ0v) is 49.1. The molecule has 0 bridgehead atoms. The fourth-order valence-corrected chi connectivity index (χ4v) is 10.4. The molecule has 80 heavy (non-hydrogen) atoms. The Morgan fingerprint density at radius 1 is 0.575 bits per heavy atom. The minimum atomic E-state index is -4.56. The van der Waals surface area contributed by atoms with Crippen LogP contribution in [0.4, 0.5) is 4.79 Å². The van der Waals surface area contributed by atoms with Gasteiger partial charge in [-0.15, -0.1) is 0 Å². The maximum Gasteiger partial charge on any atom is 0.433 e. The Labute approximate surface area is 478 Å². The van der Waals surface area contributed by atoms with Gasteiger partial charge in [0.15, 0.2) is 0 Å². The average Bonchev–Trinajstić information content (AvgIpc) is 3.48. The van der Waals surface area contributed by atoms with Crippen molar-refractivity contribution in [3.8, 4) is 22.5 Å². The topological polar surface area (TPSA) is 194 Å². The minimum absolute atomic E-state index is 0. The fraction of sp³-hybridized carbons (Fsp3) is 0.318. The summed E-state index contributed by atoms with van der Waals surface area (Å²) < 4.78 is 73.8. The van der Waals surface area contributed by atoms with Gasteiger partial charge in [-0.05, 0) is 110 Å². The molecule has 12 nitrogen and oxygen atoms in total. The minimum Gasteiger partial charge on any atom is -0.443 e. The third-order valence-electron chi connectivity index (χ3n) is 11.7. The molecule has 430 valence electrons. The van der Waals surface area contributed by atoms with Crippen LogP contribution in [0.1, 0.15) is 147 Å². The van der Waals surface area contributed by atoms with Gasteiger partial charge in [-0.3, -0.25) is 18.7 Å². The summed E-state index contributed by atoms with van der Waals surface area (Å²) >= 11 is 0. The van der Waals surface area contributed by atoms with E-state index in [1.54, 1.807) is 18.2 Å². The van der Waals surface area contributed by atoms with Gasteiger partial charge in [0.2, 0.25) is 0 Å². The highest BCUT2D eigenvalue weighted by Crippen LogP contribution is 2.45. The van der Waals surface area contributed by atoms with Gasteiger partial charge in [-0.2, -0.15) is 21.8 Å². The number of aliphatic imine (C=N–C) groups is 1. The van der Waals surface area contributed by atoms with Gasteiger partial charge in [-0.1, -0.05) is 221 Å². The van der Waals surface area contributed by atoms with Crippen LogP contribution < -0.4 is 0 Å². The summed E-state index contributed by atoms with van der Waals surface area (Å²) in [5, 5.41) is -1.16. The number of fused-ring (bicyclic) bond motifs is 2. The van der Waals surface area contributed by atoms with Crippen molar-refractivity contribution in [2.75, 3.05) is 0 Å². The molecule has 0 spiro atoms. The Morgan fingerprint density at radius 3 is 1.54 bits per heavy atom. The molecule has 0 aliphatic heterocycles. The molecule has 2 atom stereocenters. The fourth-order valence-electron chi connectivity index (χ4n) is 8.54. The summed E-state index contributed by atoms with van der Waals surface area (Å²) in [5.74, 6) is -0.968. The summed E-state index contributed by atoms with van der Waals surface area (Å²) in [7, 11) is -9.00. The Kier molecular flexibility index (Phi) is 34.0. The maximum absolute atomic E-state index is 12.3. The van der Waals surface area contributed by atoms with Crippen molar-refractivity contribution in [1.29, 1.82) is 0 Å². The summed E-state index contributed by atoms with van der Waals surface area (Å²) in [6.45, 7) is 19.1. The third kappa shape index (κ3) is 23.6. The molecule has 0 radical (unpaired) electrons. The van der Waals surface area contributed by atoms with E-state index in [9.17, 15) is 40.3 Å². The molecule has 1 heterocycles. The number of aromatic nitrogens is 1. The van der Waals surface area contributed by atoms with E-state index in [0.29, 0.717) is 24.0 Å². The molecule has 1 amide bonds. The van der Waals surface area contributed by atoms with Crippen LogP contribution in [0.2, 0.25) is 0 Å². The number of Topliss-reactive ketones (excluding diaryl/α,β-unsaturated/α-hetero) is 2. The van der Waals surface area contributed by atoms with Crippen molar-refractivity contribution < 1.29 is 45.1 Å². The highest BCUT2D eigenvalue weighted by molar-refractivity contribution is 7.86. The van der Waals surface area contributed by atoms with Gasteiger partial charge in [0, 0.05) is 23.3 Å². The van der Waals surface area contributed by atoms with Crippen molar-refractivity contribution in [3.05, 3.63) is 215 Å². The number of nitrogens with zero attached hydrogens (tertiary/aromatic N) is 2. The predicted molar refractivity (Wildman–Crippen MR) is 329 cm³/mol. The van der Waals surface area contributed by atoms with E-state index >= 15 is 0 Å². The largest absolute Gasteiger partial charge is 0.443 e. The number of aryl methyl sites for hydroxylation is 2. The van der Waals surface area contributed by atoms with Crippen LogP contribution >= 0.6 is 0 Å². The Hall–Kier alpha value is -7.23. The quantitative estimate of drug-likeness (QED) is 0.0751. The van der Waals surface area contributed by atoms with Gasteiger partial charge < -0.3 is 4.74 Å². The Balaban J connectivity index is 0.000000543. The molecular weight excluding hydrogens is 1040 g/mol. The van der Waals surface area contributed by atoms with E-state index in [1.165, 1.54) is 26.1 Å². The van der Waals surface area contributed by atoms with Crippen molar-refractivity contribution in [3.63, 3.8) is 0 Å². The monoisotopic (exact) mass is 1130 g/mol. The van der Waals surface area contributed by atoms with Gasteiger partial charge in [-0.25, -0.2) is 9.78 Å². The highest BCUT2D eigenvalue weighted by atomic mass is 32.2. The van der Waals surface area contributed by atoms with Gasteiger partial charge in [0.05, 0.1) is 28.0 Å². The molecule has 0 saturated carbocycles. The second kappa shape index (κ2) is 38.4. The molecule has 0 unspecified atom stereocenters. The highest BCUT2D eigenvalue weighted by Gasteiger charge is 2.42. The lowest BCUT2D eigenvalue weighted by Gasteiger charge is -2.35. The van der Waals surface area contributed by atoms with Crippen LogP contribution in [0.3, 0.4) is 0 Å². The van der Waals surface area contributed by atoms with E-state index in [1.807, 2.05) is 177 Å². The first-order valence-corrected chi connectivity index (χ1v) is 30.1. The lowest BCUT2D eigenvalue weighted by atomic mass is 9.74. The lowest BCUT2D eigenvalue weighted by Crippen LogP contribution is -2.35. The first-order valence-electron chi connectivity index (χ1n) is 27.1. The molecule has 6 aromatic carbocycles. The molecule has 2 aliphatic rings. The van der Waals surface area contributed by atoms with E-state index < -0.39 is 37.5 Å². The van der Waals surface area contributed by atoms with E-state index in [-0.39, 0.29) is 43.3 Å². The molecule has 2 aliphatic carbocycles. The van der Waals surface area contributed by atoms with Crippen LogP contribution in [0.25, 0.3) is 22.5 Å². The standard InChI is InChI=1S/C20H22O6S2.C17H13N.C15H13NO2.C5H8O2.4C2H6.CH4/c21-27(22,23)17-11-9-13-5-1-3-7-15(13)19(17)20-16-8-4-2-6-14(16)10-12-18(20)28(24,25)26;1-3-8-14(9-4-1)16-12-7-13-17(18-16)15-10-5-2-6-11-15;17-15(16-11-13-7-3-1-4-8-13)18-12-14-9-5-2-6-10-14;1-4(6)3-5(2)7;4*1-2;/h1,3,5,7,10,12,17,19H,2,4,6,8-9,11H2,(H,21,22,23)(H,24,25,26);1-13H;1-11H,12H2;3H2,1-2H3;4*1-2H3;1H4/t17-,19+;;;;;;;;/m1......../s1. The van der Waals surface area contributed by atoms with Crippen LogP contribution in [0.5, 0.6) is 0 Å². The smallest absolute Gasteiger partial charge is 0.433 e. The Morgan fingerprint density at radius 2 is 1.05 bits per heavy atom. The molecule has 9 rings (SSSR count). The SMILES string of the molecule is C.CC.CC.CC.CC.CC(=O)CC(C)=O.O=C(N=Cc1ccccc1)OCc1ccccc1.O=S(=O)(O)c1ccc2c(c1[C@H]1c3ccccc3CC[C@H]1S(=O)(=O)O)CCCC2.c1ccc(-c2cccc(-c3ccccc3)n2)cc1. The number of ether oxygens (including phenoxy) is 1. The molecule has 14 heteroatoms. The number of hydrogen-bond donors (Lipinski definition) is 2. The first kappa shape index (κ1) is 70.8. The van der Waals surface area contributed by atoms with Crippen molar-refractivity contribution in [2.45, 2.75) is 144 Å². The van der Waals surface area contributed by atoms with Crippen molar-refractivity contribution >= 4 is 44.1 Å². The number of ketones is 2. The zero-order valence-electron chi connectivity index (χ0n) is 47.5. The molecule has 2 N–H and O–H groups in total. The molecule has 0 fully saturated rings. The van der Waals surface area contributed by atoms with Crippen LogP contribution in [0.15, 0.2) is 186 Å². The molecule has 7 aromatic rings. The van der Waals surface area contributed by atoms with Gasteiger partial charge in [0.25, 0.3) is 20.2 Å². The predicted octanol–water partition coefficient (Wildman–Crippen LogP) is 16.3. The normalized spacial score (nSPS) is 13.5. The number of carbonyl (C=O) groups is 3. The number of rotatable bonds is 10. The van der Waals surface area contributed by atoms with Crippen molar-refractivity contribution in [2.24, 2.45) is 4.99 Å². The number of carbonyl (C=O) groups excluding carboxylic acids is 3. The maximum atomic E-state index is 12.3. The van der Waals surface area contributed by atoms with E-state index in [2.05, 4.69) is 35.3 Å². The molecule has 0 saturated heterocycles. The molecular formula is C66H84N2O10S2. The number of amides is 1. The second-order valence-electron chi connectivity index (χ2n) is 17.0. The number of benzene rings is 6. The van der Waals surface area contributed by atoms with E-state index in [0.717, 1.165) is 69.6 Å². The van der Waals surface area contributed by atoms with E-state index in [4.69, 9.17) is 9.72 Å². The summed E-state index contributed by atoms with van der Waals surface area (Å²) in [6.07, 6.45) is 4.89. The number of hydrogen-bond acceptors (Lipinski definition) is 9. The molecule has 1 aromatic heterocycles.